The van der Waals surface area contributed by atoms with Crippen LogP contribution in [0.2, 0.25) is 0 Å². The van der Waals surface area contributed by atoms with E-state index in [0.29, 0.717) is 23.7 Å². The lowest BCUT2D eigenvalue weighted by Gasteiger charge is -2.14. The summed E-state index contributed by atoms with van der Waals surface area (Å²) in [7, 11) is 1.57. The zero-order valence-corrected chi connectivity index (χ0v) is 17.5. The summed E-state index contributed by atoms with van der Waals surface area (Å²) in [5, 5.41) is 12.4. The van der Waals surface area contributed by atoms with Gasteiger partial charge in [0.05, 0.1) is 13.2 Å². The topological polar surface area (TPSA) is 71.3 Å². The van der Waals surface area contributed by atoms with Gasteiger partial charge in [0.25, 0.3) is 5.91 Å². The van der Waals surface area contributed by atoms with Crippen molar-refractivity contribution in [1.29, 1.82) is 5.26 Å². The molecule has 0 aliphatic carbocycles. The number of benzene rings is 3. The molecule has 0 saturated heterocycles. The first-order chi connectivity index (χ1) is 15.1. The highest BCUT2D eigenvalue weighted by Crippen LogP contribution is 2.30. The fraction of sp³-hybridized carbons (Fsp3) is 0.154. The van der Waals surface area contributed by atoms with Crippen LogP contribution in [0.15, 0.2) is 84.4 Å². The molecule has 5 heteroatoms. The van der Waals surface area contributed by atoms with E-state index in [0.717, 1.165) is 11.1 Å². The maximum absolute atomic E-state index is 12.6. The summed E-state index contributed by atoms with van der Waals surface area (Å²) in [5.41, 5.74) is 2.68. The van der Waals surface area contributed by atoms with Crippen LogP contribution in [0.25, 0.3) is 6.08 Å². The summed E-state index contributed by atoms with van der Waals surface area (Å²) < 4.78 is 11.3. The van der Waals surface area contributed by atoms with Crippen molar-refractivity contribution >= 4 is 12.0 Å². The quantitative estimate of drug-likeness (QED) is 0.415. The van der Waals surface area contributed by atoms with Crippen molar-refractivity contribution in [3.63, 3.8) is 0 Å². The second kappa shape index (κ2) is 10.7. The molecule has 1 atom stereocenters. The predicted molar refractivity (Wildman–Crippen MR) is 120 cm³/mol. The van der Waals surface area contributed by atoms with E-state index in [9.17, 15) is 10.1 Å². The molecular formula is C26H24N2O3. The number of nitrogens with one attached hydrogen (secondary N) is 1. The zero-order valence-electron chi connectivity index (χ0n) is 17.5. The number of rotatable bonds is 8. The predicted octanol–water partition coefficient (Wildman–Crippen LogP) is 5.06. The van der Waals surface area contributed by atoms with Gasteiger partial charge in [-0.2, -0.15) is 5.26 Å². The third-order valence-corrected chi connectivity index (χ3v) is 4.75. The second-order valence-electron chi connectivity index (χ2n) is 6.96. The van der Waals surface area contributed by atoms with Crippen LogP contribution >= 0.6 is 0 Å². The van der Waals surface area contributed by atoms with Crippen LogP contribution in [0.4, 0.5) is 0 Å². The molecule has 156 valence electrons. The molecule has 31 heavy (non-hydrogen) atoms. The molecule has 3 aromatic carbocycles. The lowest BCUT2D eigenvalue weighted by molar-refractivity contribution is -0.117. The summed E-state index contributed by atoms with van der Waals surface area (Å²) in [6, 6.07) is 26.5. The van der Waals surface area contributed by atoms with E-state index < -0.39 is 5.91 Å². The van der Waals surface area contributed by atoms with Gasteiger partial charge in [0.1, 0.15) is 18.2 Å². The molecule has 0 bridgehead atoms. The minimum Gasteiger partial charge on any atom is -0.493 e. The van der Waals surface area contributed by atoms with Crippen molar-refractivity contribution in [2.75, 3.05) is 7.11 Å². The van der Waals surface area contributed by atoms with Gasteiger partial charge in [-0.1, -0.05) is 66.7 Å². The molecule has 1 N–H and O–H groups in total. The normalized spacial score (nSPS) is 11.8. The fourth-order valence-electron chi connectivity index (χ4n) is 3.05. The van der Waals surface area contributed by atoms with E-state index in [2.05, 4.69) is 5.32 Å². The molecule has 1 amide bonds. The number of hydrogen-bond donors (Lipinski definition) is 1. The van der Waals surface area contributed by atoms with Crippen molar-refractivity contribution in [2.24, 2.45) is 0 Å². The van der Waals surface area contributed by atoms with Crippen molar-refractivity contribution in [2.45, 2.75) is 19.6 Å². The van der Waals surface area contributed by atoms with Crippen molar-refractivity contribution < 1.29 is 14.3 Å². The van der Waals surface area contributed by atoms with Gasteiger partial charge >= 0.3 is 0 Å². The van der Waals surface area contributed by atoms with Gasteiger partial charge in [-0.25, -0.2) is 0 Å². The Morgan fingerprint density at radius 2 is 1.71 bits per heavy atom. The van der Waals surface area contributed by atoms with E-state index in [4.69, 9.17) is 9.47 Å². The highest BCUT2D eigenvalue weighted by atomic mass is 16.5. The highest BCUT2D eigenvalue weighted by molar-refractivity contribution is 6.01. The fourth-order valence-corrected chi connectivity index (χ4v) is 3.05. The molecule has 0 unspecified atom stereocenters. The molecule has 0 aliphatic heterocycles. The molecule has 3 rings (SSSR count). The third-order valence-electron chi connectivity index (χ3n) is 4.75. The first-order valence-corrected chi connectivity index (χ1v) is 9.93. The maximum Gasteiger partial charge on any atom is 0.262 e. The molecule has 0 heterocycles. The Hall–Kier alpha value is -4.04. The number of nitriles is 1. The number of carbonyl (C=O) groups excluding carboxylic acids is 1. The van der Waals surface area contributed by atoms with Crippen molar-refractivity contribution in [3.8, 4) is 17.6 Å². The summed E-state index contributed by atoms with van der Waals surface area (Å²) in [6.07, 6.45) is 1.54. The lowest BCUT2D eigenvalue weighted by Crippen LogP contribution is -2.27. The third kappa shape index (κ3) is 5.97. The molecule has 0 radical (unpaired) electrons. The van der Waals surface area contributed by atoms with Crippen LogP contribution in [0.1, 0.15) is 29.7 Å². The van der Waals surface area contributed by atoms with Gasteiger partial charge in [0.2, 0.25) is 0 Å². The maximum atomic E-state index is 12.6. The van der Waals surface area contributed by atoms with E-state index in [-0.39, 0.29) is 11.6 Å². The first kappa shape index (κ1) is 21.7. The average molecular weight is 412 g/mol. The summed E-state index contributed by atoms with van der Waals surface area (Å²) in [4.78, 5) is 12.6. The molecular weight excluding hydrogens is 388 g/mol. The van der Waals surface area contributed by atoms with Gasteiger partial charge in [0.15, 0.2) is 11.5 Å². The van der Waals surface area contributed by atoms with Crippen LogP contribution in [0.5, 0.6) is 11.5 Å². The van der Waals surface area contributed by atoms with Crippen molar-refractivity contribution in [1.82, 2.24) is 5.32 Å². The Bertz CT molecular complexity index is 1090. The van der Waals surface area contributed by atoms with Crippen LogP contribution in [-0.4, -0.2) is 13.0 Å². The molecule has 0 aliphatic rings. The van der Waals surface area contributed by atoms with Crippen LogP contribution < -0.4 is 14.8 Å². The minimum absolute atomic E-state index is 0.0157. The Morgan fingerprint density at radius 3 is 2.35 bits per heavy atom. The van der Waals surface area contributed by atoms with E-state index in [1.54, 1.807) is 31.4 Å². The smallest absolute Gasteiger partial charge is 0.262 e. The van der Waals surface area contributed by atoms with Crippen molar-refractivity contribution in [3.05, 3.63) is 101 Å². The first-order valence-electron chi connectivity index (χ1n) is 9.93. The van der Waals surface area contributed by atoms with Gasteiger partial charge < -0.3 is 14.8 Å². The molecule has 5 nitrogen and oxygen atoms in total. The Kier molecular flexibility index (Phi) is 7.45. The monoisotopic (exact) mass is 412 g/mol. The summed E-state index contributed by atoms with van der Waals surface area (Å²) >= 11 is 0. The second-order valence-corrected chi connectivity index (χ2v) is 6.96. The van der Waals surface area contributed by atoms with E-state index >= 15 is 0 Å². The van der Waals surface area contributed by atoms with E-state index in [1.807, 2.05) is 73.7 Å². The number of amides is 1. The minimum atomic E-state index is -0.429. The lowest BCUT2D eigenvalue weighted by atomic mass is 10.1. The number of nitrogens with zero attached hydrogens (tertiary/aromatic N) is 1. The number of methoxy groups -OCH3 is 1. The van der Waals surface area contributed by atoms with Crippen LogP contribution in [-0.2, 0) is 11.4 Å². The highest BCUT2D eigenvalue weighted by Gasteiger charge is 2.14. The Labute approximate surface area is 182 Å². The Balaban J connectivity index is 1.76. The largest absolute Gasteiger partial charge is 0.493 e. The zero-order chi connectivity index (χ0) is 22.1. The van der Waals surface area contributed by atoms with Gasteiger partial charge in [-0.05, 0) is 41.8 Å². The summed E-state index contributed by atoms with van der Waals surface area (Å²) in [6.45, 7) is 2.26. The molecule has 3 aromatic rings. The Morgan fingerprint density at radius 1 is 1.03 bits per heavy atom. The number of ether oxygens (including phenoxy) is 2. The van der Waals surface area contributed by atoms with Crippen LogP contribution in [0.3, 0.4) is 0 Å². The van der Waals surface area contributed by atoms with Gasteiger partial charge in [-0.3, -0.25) is 4.79 Å². The van der Waals surface area contributed by atoms with E-state index in [1.165, 1.54) is 0 Å². The molecule has 0 saturated carbocycles. The van der Waals surface area contributed by atoms with Crippen LogP contribution in [0, 0.1) is 11.3 Å². The SMILES string of the molecule is COc1ccc(/C=C(/C#N)C(=O)N[C@@H](C)c2ccccc2)cc1OCc1ccccc1. The average Bonchev–Trinajstić information content (AvgIpc) is 2.82. The number of carbonyl (C=O) groups is 1. The molecule has 0 fully saturated rings. The number of hydrogen-bond acceptors (Lipinski definition) is 4. The van der Waals surface area contributed by atoms with Gasteiger partial charge in [0, 0.05) is 0 Å². The standard InChI is InChI=1S/C26H24N2O3/c1-19(22-11-7-4-8-12-22)28-26(29)23(17-27)15-21-13-14-24(30-2)25(16-21)31-18-20-9-5-3-6-10-20/h3-16,19H,18H2,1-2H3,(H,28,29)/b23-15-/t19-/m0/s1. The molecule has 0 aromatic heterocycles. The molecule has 0 spiro atoms. The summed E-state index contributed by atoms with van der Waals surface area (Å²) in [5.74, 6) is 0.686. The van der Waals surface area contributed by atoms with Gasteiger partial charge in [-0.15, -0.1) is 0 Å².